The Balaban J connectivity index is 2.30. The lowest BCUT2D eigenvalue weighted by Gasteiger charge is -2.25. The zero-order valence-corrected chi connectivity index (χ0v) is 8.01. The molecule has 1 aliphatic carbocycles. The van der Waals surface area contributed by atoms with Gasteiger partial charge in [-0.1, -0.05) is 24.1 Å². The van der Waals surface area contributed by atoms with Crippen LogP contribution in [0.2, 0.25) is 5.02 Å². The first-order valence-corrected chi connectivity index (χ1v) is 4.88. The van der Waals surface area contributed by atoms with Crippen molar-refractivity contribution in [1.29, 1.82) is 5.26 Å². The Hall–Kier alpha value is -1.00. The zero-order chi connectivity index (χ0) is 9.26. The maximum Gasteiger partial charge on any atom is 0.101 e. The van der Waals surface area contributed by atoms with E-state index in [1.54, 1.807) is 0 Å². The number of nitrogens with zero attached hydrogens (tertiary/aromatic N) is 1. The van der Waals surface area contributed by atoms with Crippen molar-refractivity contribution in [2.75, 3.05) is 0 Å². The van der Waals surface area contributed by atoms with E-state index < -0.39 is 0 Å². The van der Waals surface area contributed by atoms with Gasteiger partial charge >= 0.3 is 0 Å². The molecule has 0 amide bonds. The first-order chi connectivity index (χ1) is 6.31. The van der Waals surface area contributed by atoms with Crippen molar-refractivity contribution in [3.63, 3.8) is 0 Å². The Morgan fingerprint density at radius 2 is 2.15 bits per heavy atom. The van der Waals surface area contributed by atoms with Crippen LogP contribution in [0.4, 0.5) is 0 Å². The summed E-state index contributed by atoms with van der Waals surface area (Å²) in [5, 5.41) is 9.27. The third kappa shape index (κ3) is 1.55. The molecule has 0 atom stereocenters. The molecule has 66 valence electrons. The van der Waals surface area contributed by atoms with Crippen LogP contribution in [0.1, 0.15) is 36.3 Å². The first kappa shape index (κ1) is 8.59. The van der Waals surface area contributed by atoms with Gasteiger partial charge in [-0.05, 0) is 36.5 Å². The zero-order valence-electron chi connectivity index (χ0n) is 7.26. The molecule has 0 aliphatic heterocycles. The normalized spacial score (nSPS) is 16.3. The predicted molar refractivity (Wildman–Crippen MR) is 52.8 cm³/mol. The van der Waals surface area contributed by atoms with Gasteiger partial charge in [0.2, 0.25) is 0 Å². The molecule has 0 heterocycles. The summed E-state index contributed by atoms with van der Waals surface area (Å²) in [6.45, 7) is 0. The lowest BCUT2D eigenvalue weighted by molar-refractivity contribution is 0.420. The topological polar surface area (TPSA) is 23.8 Å². The minimum atomic E-state index is 0.574. The second kappa shape index (κ2) is 3.40. The van der Waals surface area contributed by atoms with Crippen LogP contribution in [0.15, 0.2) is 18.2 Å². The summed E-state index contributed by atoms with van der Waals surface area (Å²) < 4.78 is 0. The lowest BCUT2D eigenvalue weighted by Crippen LogP contribution is -2.08. The third-order valence-electron chi connectivity index (χ3n) is 2.69. The van der Waals surface area contributed by atoms with Crippen LogP contribution in [-0.2, 0) is 0 Å². The molecular weight excluding hydrogens is 182 g/mol. The second-order valence-electron chi connectivity index (χ2n) is 3.48. The highest BCUT2D eigenvalue weighted by Gasteiger charge is 2.19. The van der Waals surface area contributed by atoms with Crippen LogP contribution >= 0.6 is 11.6 Å². The van der Waals surface area contributed by atoms with Gasteiger partial charge in [-0.2, -0.15) is 5.26 Å². The van der Waals surface area contributed by atoms with Crippen LogP contribution in [0.25, 0.3) is 0 Å². The Bertz CT molecular complexity index is 361. The van der Waals surface area contributed by atoms with Gasteiger partial charge in [0.15, 0.2) is 0 Å². The summed E-state index contributed by atoms with van der Waals surface area (Å²) in [4.78, 5) is 0. The van der Waals surface area contributed by atoms with Crippen LogP contribution in [0.5, 0.6) is 0 Å². The number of halogens is 1. The maximum atomic E-state index is 8.68. The van der Waals surface area contributed by atoms with Gasteiger partial charge in [-0.3, -0.25) is 0 Å². The molecular formula is C11H10ClN. The van der Waals surface area contributed by atoms with E-state index in [0.717, 1.165) is 0 Å². The summed E-state index contributed by atoms with van der Waals surface area (Å²) in [5.74, 6) is 0.685. The SMILES string of the molecule is N#Cc1ccc(C2CCC2)cc1Cl. The van der Waals surface area contributed by atoms with Gasteiger partial charge in [-0.15, -0.1) is 0 Å². The van der Waals surface area contributed by atoms with Crippen molar-refractivity contribution >= 4 is 11.6 Å². The fraction of sp³-hybridized carbons (Fsp3) is 0.364. The highest BCUT2D eigenvalue weighted by atomic mass is 35.5. The molecule has 1 aromatic rings. The van der Waals surface area contributed by atoms with E-state index in [0.29, 0.717) is 16.5 Å². The fourth-order valence-electron chi connectivity index (χ4n) is 1.62. The van der Waals surface area contributed by atoms with Crippen LogP contribution in [0.3, 0.4) is 0 Å². The van der Waals surface area contributed by atoms with E-state index in [-0.39, 0.29) is 0 Å². The van der Waals surface area contributed by atoms with Crippen LogP contribution in [0, 0.1) is 11.3 Å². The highest BCUT2D eigenvalue weighted by Crippen LogP contribution is 2.37. The number of rotatable bonds is 1. The van der Waals surface area contributed by atoms with E-state index in [9.17, 15) is 0 Å². The molecule has 0 spiro atoms. The maximum absolute atomic E-state index is 8.68. The van der Waals surface area contributed by atoms with Crippen molar-refractivity contribution < 1.29 is 0 Å². The molecule has 13 heavy (non-hydrogen) atoms. The van der Waals surface area contributed by atoms with Gasteiger partial charge in [0.25, 0.3) is 0 Å². The average molecular weight is 192 g/mol. The van der Waals surface area contributed by atoms with E-state index >= 15 is 0 Å². The third-order valence-corrected chi connectivity index (χ3v) is 3.00. The molecule has 1 nitrogen and oxygen atoms in total. The molecule has 1 fully saturated rings. The van der Waals surface area contributed by atoms with Gasteiger partial charge in [0, 0.05) is 0 Å². The van der Waals surface area contributed by atoms with E-state index in [1.807, 2.05) is 18.2 Å². The van der Waals surface area contributed by atoms with Crippen LogP contribution in [-0.4, -0.2) is 0 Å². The van der Waals surface area contributed by atoms with Crippen molar-refractivity contribution in [3.8, 4) is 6.07 Å². The van der Waals surface area contributed by atoms with Crippen molar-refractivity contribution in [1.82, 2.24) is 0 Å². The second-order valence-corrected chi connectivity index (χ2v) is 3.89. The molecule has 2 rings (SSSR count). The molecule has 1 aliphatic rings. The molecule has 0 unspecified atom stereocenters. The fourth-order valence-corrected chi connectivity index (χ4v) is 1.85. The Morgan fingerprint density at radius 3 is 2.62 bits per heavy atom. The molecule has 0 N–H and O–H groups in total. The predicted octanol–water partition coefficient (Wildman–Crippen LogP) is 3.48. The molecule has 1 saturated carbocycles. The molecule has 1 aromatic carbocycles. The Kier molecular flexibility index (Phi) is 2.24. The Morgan fingerprint density at radius 1 is 1.38 bits per heavy atom. The Labute approximate surface area is 82.9 Å². The summed E-state index contributed by atoms with van der Waals surface area (Å²) in [5.41, 5.74) is 1.86. The van der Waals surface area contributed by atoms with Crippen molar-refractivity contribution in [2.24, 2.45) is 0 Å². The van der Waals surface area contributed by atoms with E-state index in [2.05, 4.69) is 6.07 Å². The standard InChI is InChI=1S/C11H10ClN/c12-11-6-9(8-2-1-3-8)4-5-10(11)7-13/h4-6,8H,1-3H2. The first-order valence-electron chi connectivity index (χ1n) is 4.51. The van der Waals surface area contributed by atoms with E-state index in [1.165, 1.54) is 24.8 Å². The summed E-state index contributed by atoms with van der Waals surface area (Å²) in [6.07, 6.45) is 3.85. The van der Waals surface area contributed by atoms with Gasteiger partial charge < -0.3 is 0 Å². The smallest absolute Gasteiger partial charge is 0.101 e. The minimum Gasteiger partial charge on any atom is -0.192 e. The van der Waals surface area contributed by atoms with Crippen molar-refractivity contribution in [3.05, 3.63) is 34.3 Å². The molecule has 2 heteroatoms. The molecule has 0 aromatic heterocycles. The number of benzene rings is 1. The summed E-state index contributed by atoms with van der Waals surface area (Å²) >= 11 is 5.93. The number of nitriles is 1. The minimum absolute atomic E-state index is 0.574. The molecule has 0 saturated heterocycles. The molecule has 0 bridgehead atoms. The van der Waals surface area contributed by atoms with Gasteiger partial charge in [0.1, 0.15) is 6.07 Å². The van der Waals surface area contributed by atoms with Gasteiger partial charge in [0.05, 0.1) is 10.6 Å². The number of hydrogen-bond donors (Lipinski definition) is 0. The summed E-state index contributed by atoms with van der Waals surface area (Å²) in [6, 6.07) is 7.84. The average Bonchev–Trinajstić information content (AvgIpc) is 2.01. The van der Waals surface area contributed by atoms with Gasteiger partial charge in [-0.25, -0.2) is 0 Å². The summed E-state index contributed by atoms with van der Waals surface area (Å²) in [7, 11) is 0. The van der Waals surface area contributed by atoms with Crippen LogP contribution < -0.4 is 0 Å². The highest BCUT2D eigenvalue weighted by molar-refractivity contribution is 6.31. The lowest BCUT2D eigenvalue weighted by atomic mass is 9.80. The largest absolute Gasteiger partial charge is 0.192 e. The molecule has 0 radical (unpaired) electrons. The van der Waals surface area contributed by atoms with E-state index in [4.69, 9.17) is 16.9 Å². The van der Waals surface area contributed by atoms with Crippen molar-refractivity contribution in [2.45, 2.75) is 25.2 Å². The monoisotopic (exact) mass is 191 g/mol. The number of hydrogen-bond acceptors (Lipinski definition) is 1. The quantitative estimate of drug-likeness (QED) is 0.667.